The van der Waals surface area contributed by atoms with Gasteiger partial charge in [0, 0.05) is 25.4 Å². The van der Waals surface area contributed by atoms with Crippen LogP contribution in [-0.4, -0.2) is 49.7 Å². The number of aliphatic hydroxyl groups excluding tert-OH is 1. The highest BCUT2D eigenvalue weighted by atomic mass is 32.1. The van der Waals surface area contributed by atoms with E-state index in [0.717, 1.165) is 4.57 Å². The summed E-state index contributed by atoms with van der Waals surface area (Å²) < 4.78 is 38.8. The average molecular weight is 282 g/mol. The molecular formula is C9H13F3N4OS. The highest BCUT2D eigenvalue weighted by Crippen LogP contribution is 2.29. The predicted molar refractivity (Wildman–Crippen MR) is 60.2 cm³/mol. The van der Waals surface area contributed by atoms with Gasteiger partial charge in [0.05, 0.1) is 12.6 Å². The Hall–Kier alpha value is -0.800. The van der Waals surface area contributed by atoms with Crippen LogP contribution in [0.2, 0.25) is 0 Å². The third-order valence-corrected chi connectivity index (χ3v) is 3.19. The molecule has 18 heavy (non-hydrogen) atoms. The van der Waals surface area contributed by atoms with E-state index in [4.69, 9.17) is 0 Å². The van der Waals surface area contributed by atoms with E-state index in [1.165, 1.54) is 0 Å². The Morgan fingerprint density at radius 3 is 2.67 bits per heavy atom. The van der Waals surface area contributed by atoms with Gasteiger partial charge in [-0.2, -0.15) is 25.8 Å². The molecule has 2 heterocycles. The zero-order valence-corrected chi connectivity index (χ0v) is 10.3. The van der Waals surface area contributed by atoms with E-state index in [1.807, 2.05) is 4.90 Å². The second kappa shape index (κ2) is 5.06. The Morgan fingerprint density at radius 2 is 2.06 bits per heavy atom. The third kappa shape index (κ3) is 2.78. The van der Waals surface area contributed by atoms with E-state index in [1.54, 1.807) is 0 Å². The Labute approximate surface area is 107 Å². The first kappa shape index (κ1) is 13.6. The first-order valence-corrected chi connectivity index (χ1v) is 6.05. The molecule has 1 atom stereocenters. The van der Waals surface area contributed by atoms with Crippen molar-refractivity contribution in [1.29, 1.82) is 0 Å². The first-order chi connectivity index (χ1) is 8.41. The van der Waals surface area contributed by atoms with Crippen LogP contribution >= 0.6 is 12.6 Å². The summed E-state index contributed by atoms with van der Waals surface area (Å²) in [5.41, 5.74) is 0. The fourth-order valence-electron chi connectivity index (χ4n) is 1.93. The van der Waals surface area contributed by atoms with E-state index in [2.05, 4.69) is 22.8 Å². The summed E-state index contributed by atoms with van der Waals surface area (Å²) in [6.45, 7) is 1.24. The molecule has 0 saturated heterocycles. The topological polar surface area (TPSA) is 54.2 Å². The summed E-state index contributed by atoms with van der Waals surface area (Å²) in [7, 11) is 0. The van der Waals surface area contributed by atoms with Crippen LogP contribution in [0.1, 0.15) is 11.6 Å². The van der Waals surface area contributed by atoms with Gasteiger partial charge in [0.1, 0.15) is 5.82 Å². The van der Waals surface area contributed by atoms with E-state index in [9.17, 15) is 18.3 Å². The fourth-order valence-corrected chi connectivity index (χ4v) is 2.04. The van der Waals surface area contributed by atoms with Gasteiger partial charge in [0.15, 0.2) is 0 Å². The number of β-amino-alcohol motifs (C(OH)–C–C–N with tert-alkyl or cyclic N) is 1. The molecule has 1 N–H and O–H groups in total. The number of aliphatic hydroxyl groups is 1. The molecule has 0 fully saturated rings. The summed E-state index contributed by atoms with van der Waals surface area (Å²) >= 11 is 3.95. The van der Waals surface area contributed by atoms with Gasteiger partial charge in [-0.3, -0.25) is 4.90 Å². The minimum absolute atomic E-state index is 0.177. The monoisotopic (exact) mass is 282 g/mol. The Morgan fingerprint density at radius 1 is 1.33 bits per heavy atom. The second-order valence-electron chi connectivity index (χ2n) is 4.16. The minimum atomic E-state index is -4.47. The van der Waals surface area contributed by atoms with Crippen molar-refractivity contribution in [3.63, 3.8) is 0 Å². The van der Waals surface area contributed by atoms with E-state index in [0.29, 0.717) is 18.8 Å². The number of rotatable bonds is 3. The van der Waals surface area contributed by atoms with Gasteiger partial charge in [-0.15, -0.1) is 10.2 Å². The molecule has 0 radical (unpaired) electrons. The van der Waals surface area contributed by atoms with Gasteiger partial charge in [-0.25, -0.2) is 0 Å². The quantitative estimate of drug-likeness (QED) is 0.788. The number of hydrogen-bond acceptors (Lipinski definition) is 5. The SMILES string of the molecule is OC(CS)CN1CCn2c(nnc2C(F)(F)F)C1. The van der Waals surface area contributed by atoms with E-state index < -0.39 is 18.1 Å². The number of nitrogens with zero attached hydrogens (tertiary/aromatic N) is 4. The molecule has 9 heteroatoms. The third-order valence-electron chi connectivity index (χ3n) is 2.77. The second-order valence-corrected chi connectivity index (χ2v) is 4.53. The summed E-state index contributed by atoms with van der Waals surface area (Å²) in [5, 5.41) is 16.2. The maximum Gasteiger partial charge on any atom is 0.451 e. The number of aromatic nitrogens is 3. The van der Waals surface area contributed by atoms with Gasteiger partial charge < -0.3 is 9.67 Å². The molecule has 0 spiro atoms. The van der Waals surface area contributed by atoms with Gasteiger partial charge >= 0.3 is 6.18 Å². The van der Waals surface area contributed by atoms with Crippen LogP contribution < -0.4 is 0 Å². The highest BCUT2D eigenvalue weighted by molar-refractivity contribution is 7.80. The Kier molecular flexibility index (Phi) is 3.83. The summed E-state index contributed by atoms with van der Waals surface area (Å²) in [6.07, 6.45) is -5.07. The highest BCUT2D eigenvalue weighted by Gasteiger charge is 2.39. The van der Waals surface area contributed by atoms with Crippen LogP contribution in [0.5, 0.6) is 0 Å². The number of thiol groups is 1. The summed E-state index contributed by atoms with van der Waals surface area (Å²) in [5.74, 6) is -0.358. The van der Waals surface area contributed by atoms with Crippen molar-refractivity contribution in [2.75, 3.05) is 18.8 Å². The molecular weight excluding hydrogens is 269 g/mol. The number of halogens is 3. The average Bonchev–Trinajstić information content (AvgIpc) is 2.71. The largest absolute Gasteiger partial charge is 0.451 e. The van der Waals surface area contributed by atoms with Crippen molar-refractivity contribution < 1.29 is 18.3 Å². The van der Waals surface area contributed by atoms with Crippen LogP contribution in [0.25, 0.3) is 0 Å². The molecule has 1 aromatic rings. The fraction of sp³-hybridized carbons (Fsp3) is 0.778. The lowest BCUT2D eigenvalue weighted by Crippen LogP contribution is -2.40. The van der Waals surface area contributed by atoms with Crippen molar-refractivity contribution in [2.24, 2.45) is 0 Å². The molecule has 2 rings (SSSR count). The lowest BCUT2D eigenvalue weighted by atomic mass is 10.3. The van der Waals surface area contributed by atoms with Crippen LogP contribution in [0.4, 0.5) is 13.2 Å². The molecule has 0 aliphatic carbocycles. The summed E-state index contributed by atoms with van der Waals surface area (Å²) in [4.78, 5) is 1.84. The number of alkyl halides is 3. The minimum Gasteiger partial charge on any atom is -0.391 e. The summed E-state index contributed by atoms with van der Waals surface area (Å²) in [6, 6.07) is 0. The van der Waals surface area contributed by atoms with E-state index >= 15 is 0 Å². The van der Waals surface area contributed by atoms with Crippen LogP contribution in [0, 0.1) is 0 Å². The van der Waals surface area contributed by atoms with Crippen LogP contribution in [-0.2, 0) is 19.3 Å². The Bertz CT molecular complexity index is 422. The number of hydrogen-bond donors (Lipinski definition) is 2. The molecule has 0 saturated carbocycles. The lowest BCUT2D eigenvalue weighted by molar-refractivity contribution is -0.148. The molecule has 1 aliphatic rings. The zero-order valence-electron chi connectivity index (χ0n) is 9.43. The molecule has 0 bridgehead atoms. The molecule has 0 amide bonds. The van der Waals surface area contributed by atoms with Crippen molar-refractivity contribution in [3.05, 3.63) is 11.6 Å². The molecule has 1 unspecified atom stereocenters. The van der Waals surface area contributed by atoms with Gasteiger partial charge in [0.25, 0.3) is 0 Å². The van der Waals surface area contributed by atoms with E-state index in [-0.39, 0.29) is 18.9 Å². The molecule has 5 nitrogen and oxygen atoms in total. The smallest absolute Gasteiger partial charge is 0.391 e. The standard InChI is InChI=1S/C9H13F3N4OS/c10-9(11,12)8-14-13-7-4-15(1-2-16(7)8)3-6(17)5-18/h6,17-18H,1-5H2. The lowest BCUT2D eigenvalue weighted by Gasteiger charge is -2.29. The van der Waals surface area contributed by atoms with Gasteiger partial charge in [-0.05, 0) is 0 Å². The van der Waals surface area contributed by atoms with Crippen molar-refractivity contribution >= 4 is 12.6 Å². The van der Waals surface area contributed by atoms with Crippen molar-refractivity contribution in [3.8, 4) is 0 Å². The van der Waals surface area contributed by atoms with Crippen LogP contribution in [0.15, 0.2) is 0 Å². The van der Waals surface area contributed by atoms with Crippen LogP contribution in [0.3, 0.4) is 0 Å². The Balaban J connectivity index is 2.10. The van der Waals surface area contributed by atoms with Gasteiger partial charge in [-0.1, -0.05) is 0 Å². The molecule has 0 aromatic carbocycles. The maximum atomic E-state index is 12.6. The molecule has 1 aromatic heterocycles. The molecule has 102 valence electrons. The normalized spacial score (nSPS) is 18.7. The first-order valence-electron chi connectivity index (χ1n) is 5.42. The van der Waals surface area contributed by atoms with Crippen molar-refractivity contribution in [1.82, 2.24) is 19.7 Å². The molecule has 1 aliphatic heterocycles. The van der Waals surface area contributed by atoms with Gasteiger partial charge in [0.2, 0.25) is 5.82 Å². The maximum absolute atomic E-state index is 12.6. The zero-order chi connectivity index (χ0) is 13.3. The number of fused-ring (bicyclic) bond motifs is 1. The predicted octanol–water partition coefficient (Wildman–Crippen LogP) is 0.403. The van der Waals surface area contributed by atoms with Crippen molar-refractivity contribution in [2.45, 2.75) is 25.4 Å².